The number of carbonyl (C=O) groups excluding carboxylic acids is 1. The van der Waals surface area contributed by atoms with E-state index in [2.05, 4.69) is 20.6 Å². The predicted octanol–water partition coefficient (Wildman–Crippen LogP) is 1.84. The Kier molecular flexibility index (Phi) is 3.18. The smallest absolute Gasteiger partial charge is 0.246 e. The van der Waals surface area contributed by atoms with Crippen molar-refractivity contribution >= 4 is 23.4 Å². The number of nitrogens with one attached hydrogen (secondary N) is 2. The second kappa shape index (κ2) is 4.99. The quantitative estimate of drug-likeness (QED) is 0.892. The van der Waals surface area contributed by atoms with Gasteiger partial charge in [0.15, 0.2) is 0 Å². The van der Waals surface area contributed by atoms with E-state index in [1.165, 1.54) is 11.8 Å². The third kappa shape index (κ3) is 2.32. The van der Waals surface area contributed by atoms with Crippen molar-refractivity contribution in [1.82, 2.24) is 15.3 Å². The molecule has 96 valence electrons. The van der Waals surface area contributed by atoms with Crippen LogP contribution < -0.4 is 10.6 Å². The summed E-state index contributed by atoms with van der Waals surface area (Å²) in [6, 6.07) is 5.66. The van der Waals surface area contributed by atoms with E-state index in [1.54, 1.807) is 25.6 Å². The molecule has 2 aromatic rings. The lowest BCUT2D eigenvalue weighted by molar-refractivity contribution is -0.117. The number of amides is 1. The Morgan fingerprint density at radius 1 is 1.37 bits per heavy atom. The van der Waals surface area contributed by atoms with E-state index in [9.17, 15) is 4.79 Å². The molecular weight excluding hydrogens is 260 g/mol. The fraction of sp³-hybridized carbons (Fsp3) is 0.154. The van der Waals surface area contributed by atoms with Gasteiger partial charge in [-0.25, -0.2) is 4.98 Å². The first kappa shape index (κ1) is 12.1. The monoisotopic (exact) mass is 272 g/mol. The van der Waals surface area contributed by atoms with Crippen LogP contribution in [-0.4, -0.2) is 22.9 Å². The van der Waals surface area contributed by atoms with E-state index in [-0.39, 0.29) is 11.9 Å². The third-order valence-corrected chi connectivity index (χ3v) is 3.82. The first-order valence-electron chi connectivity index (χ1n) is 5.84. The number of likely N-dealkylation sites (N-methyl/N-ethyl adjacent to an activating group) is 1. The average Bonchev–Trinajstić information content (AvgIpc) is 2.74. The van der Waals surface area contributed by atoms with Crippen LogP contribution in [0.2, 0.25) is 0 Å². The average molecular weight is 272 g/mol. The van der Waals surface area contributed by atoms with E-state index in [4.69, 9.17) is 0 Å². The van der Waals surface area contributed by atoms with Crippen molar-refractivity contribution in [3.05, 3.63) is 42.4 Å². The van der Waals surface area contributed by atoms with Crippen LogP contribution in [0.1, 0.15) is 11.6 Å². The molecular formula is C13H12N4OS. The zero-order chi connectivity index (χ0) is 13.2. The summed E-state index contributed by atoms with van der Waals surface area (Å²) in [5.74, 6) is -0.0147. The van der Waals surface area contributed by atoms with Gasteiger partial charge in [-0.15, -0.1) is 0 Å². The third-order valence-electron chi connectivity index (χ3n) is 2.91. The molecule has 0 saturated carbocycles. The second-order valence-electron chi connectivity index (χ2n) is 4.11. The highest BCUT2D eigenvalue weighted by atomic mass is 32.2. The zero-order valence-electron chi connectivity index (χ0n) is 10.3. The summed E-state index contributed by atoms with van der Waals surface area (Å²) in [7, 11) is 1.78. The van der Waals surface area contributed by atoms with Gasteiger partial charge in [0, 0.05) is 28.5 Å². The van der Waals surface area contributed by atoms with Gasteiger partial charge < -0.3 is 10.6 Å². The molecule has 2 N–H and O–H groups in total. The molecule has 19 heavy (non-hydrogen) atoms. The minimum absolute atomic E-state index is 0.0147. The molecule has 1 aliphatic rings. The van der Waals surface area contributed by atoms with Crippen LogP contribution in [0.15, 0.2) is 46.7 Å². The SMILES string of the molecule is CNC1C(=O)Nc2cc(Sc3cnccn3)ccc21. The van der Waals surface area contributed by atoms with E-state index in [0.29, 0.717) is 0 Å². The van der Waals surface area contributed by atoms with E-state index in [1.807, 2.05) is 18.2 Å². The predicted molar refractivity (Wildman–Crippen MR) is 73.0 cm³/mol. The normalized spacial score (nSPS) is 17.1. The molecule has 1 amide bonds. The first-order chi connectivity index (χ1) is 9.28. The highest BCUT2D eigenvalue weighted by Gasteiger charge is 2.29. The van der Waals surface area contributed by atoms with Crippen LogP contribution in [0.5, 0.6) is 0 Å². The van der Waals surface area contributed by atoms with Crippen molar-refractivity contribution < 1.29 is 4.79 Å². The van der Waals surface area contributed by atoms with Crippen molar-refractivity contribution in [2.24, 2.45) is 0 Å². The molecule has 3 rings (SSSR count). The van der Waals surface area contributed by atoms with Crippen molar-refractivity contribution in [3.8, 4) is 0 Å². The Bertz CT molecular complexity index is 617. The molecule has 2 heterocycles. The summed E-state index contributed by atoms with van der Waals surface area (Å²) < 4.78 is 0. The summed E-state index contributed by atoms with van der Waals surface area (Å²) in [6.45, 7) is 0. The first-order valence-corrected chi connectivity index (χ1v) is 6.65. The van der Waals surface area contributed by atoms with Gasteiger partial charge in [-0.1, -0.05) is 17.8 Å². The van der Waals surface area contributed by atoms with Crippen molar-refractivity contribution in [1.29, 1.82) is 0 Å². The van der Waals surface area contributed by atoms with Gasteiger partial charge in [0.05, 0.1) is 6.20 Å². The van der Waals surface area contributed by atoms with E-state index < -0.39 is 0 Å². The molecule has 0 radical (unpaired) electrons. The fourth-order valence-electron chi connectivity index (χ4n) is 2.05. The van der Waals surface area contributed by atoms with Gasteiger partial charge in [-0.3, -0.25) is 9.78 Å². The Morgan fingerprint density at radius 2 is 2.26 bits per heavy atom. The summed E-state index contributed by atoms with van der Waals surface area (Å²) in [6.07, 6.45) is 5.02. The molecule has 1 aromatic carbocycles. The maximum absolute atomic E-state index is 11.7. The lowest BCUT2D eigenvalue weighted by Crippen LogP contribution is -2.23. The molecule has 6 heteroatoms. The minimum Gasteiger partial charge on any atom is -0.324 e. The Morgan fingerprint density at radius 3 is 3.00 bits per heavy atom. The highest BCUT2D eigenvalue weighted by Crippen LogP contribution is 2.35. The largest absolute Gasteiger partial charge is 0.324 e. The van der Waals surface area contributed by atoms with Crippen molar-refractivity contribution in [2.45, 2.75) is 16.0 Å². The number of hydrogen-bond acceptors (Lipinski definition) is 5. The molecule has 0 aliphatic carbocycles. The molecule has 1 aliphatic heterocycles. The van der Waals surface area contributed by atoms with Crippen molar-refractivity contribution in [3.63, 3.8) is 0 Å². The number of nitrogens with zero attached hydrogens (tertiary/aromatic N) is 2. The molecule has 1 atom stereocenters. The lowest BCUT2D eigenvalue weighted by atomic mass is 10.1. The van der Waals surface area contributed by atoms with Crippen LogP contribution in [0.4, 0.5) is 5.69 Å². The summed E-state index contributed by atoms with van der Waals surface area (Å²) in [5.41, 5.74) is 1.84. The molecule has 5 nitrogen and oxygen atoms in total. The number of aromatic nitrogens is 2. The van der Waals surface area contributed by atoms with Gasteiger partial charge in [-0.2, -0.15) is 0 Å². The molecule has 0 spiro atoms. The summed E-state index contributed by atoms with van der Waals surface area (Å²) >= 11 is 1.52. The van der Waals surface area contributed by atoms with Crippen LogP contribution in [0, 0.1) is 0 Å². The zero-order valence-corrected chi connectivity index (χ0v) is 11.1. The standard InChI is InChI=1S/C13H12N4OS/c1-14-12-9-3-2-8(6-10(9)17-13(12)18)19-11-7-15-4-5-16-11/h2-7,12,14H,1H3,(H,17,18). The van der Waals surface area contributed by atoms with Gasteiger partial charge in [0.25, 0.3) is 0 Å². The van der Waals surface area contributed by atoms with Crippen LogP contribution in [-0.2, 0) is 4.79 Å². The van der Waals surface area contributed by atoms with Crippen LogP contribution >= 0.6 is 11.8 Å². The molecule has 1 aromatic heterocycles. The van der Waals surface area contributed by atoms with E-state index in [0.717, 1.165) is 21.2 Å². The number of hydrogen-bond donors (Lipinski definition) is 2. The maximum atomic E-state index is 11.7. The summed E-state index contributed by atoms with van der Waals surface area (Å²) in [5, 5.41) is 6.70. The van der Waals surface area contributed by atoms with Gasteiger partial charge >= 0.3 is 0 Å². The fourth-order valence-corrected chi connectivity index (χ4v) is 2.83. The number of fused-ring (bicyclic) bond motifs is 1. The Labute approximate surface area is 114 Å². The van der Waals surface area contributed by atoms with Gasteiger partial charge in [0.2, 0.25) is 5.91 Å². The number of anilines is 1. The molecule has 0 fully saturated rings. The van der Waals surface area contributed by atoms with Crippen LogP contribution in [0.25, 0.3) is 0 Å². The minimum atomic E-state index is -0.259. The summed E-state index contributed by atoms with van der Waals surface area (Å²) in [4.78, 5) is 21.0. The molecule has 1 unspecified atom stereocenters. The second-order valence-corrected chi connectivity index (χ2v) is 5.20. The Balaban J connectivity index is 1.87. The number of rotatable bonds is 3. The maximum Gasteiger partial charge on any atom is 0.246 e. The highest BCUT2D eigenvalue weighted by molar-refractivity contribution is 7.99. The number of carbonyl (C=O) groups is 1. The number of benzene rings is 1. The topological polar surface area (TPSA) is 66.9 Å². The van der Waals surface area contributed by atoms with Crippen LogP contribution in [0.3, 0.4) is 0 Å². The molecule has 0 bridgehead atoms. The van der Waals surface area contributed by atoms with E-state index >= 15 is 0 Å². The van der Waals surface area contributed by atoms with Gasteiger partial charge in [0.1, 0.15) is 11.1 Å². The lowest BCUT2D eigenvalue weighted by Gasteiger charge is -2.07. The molecule has 0 saturated heterocycles. The Hall–Kier alpha value is -1.92. The van der Waals surface area contributed by atoms with Gasteiger partial charge in [-0.05, 0) is 19.2 Å². The van der Waals surface area contributed by atoms with Crippen molar-refractivity contribution in [2.75, 3.05) is 12.4 Å².